The van der Waals surface area contributed by atoms with Crippen LogP contribution in [0.1, 0.15) is 58.5 Å². The summed E-state index contributed by atoms with van der Waals surface area (Å²) < 4.78 is 0. The van der Waals surface area contributed by atoms with E-state index in [9.17, 15) is 14.7 Å². The number of hydrogen-bond acceptors (Lipinski definition) is 5. The fourth-order valence-corrected chi connectivity index (χ4v) is 4.32. The number of likely N-dealkylation sites (tertiary alicyclic amines) is 1. The van der Waals surface area contributed by atoms with Crippen molar-refractivity contribution in [1.82, 2.24) is 10.2 Å². The molecule has 0 bridgehead atoms. The Hall–Kier alpha value is -2.90. The molecule has 7 heteroatoms. The molecule has 0 radical (unpaired) electrons. The minimum absolute atomic E-state index is 0.242. The van der Waals surface area contributed by atoms with E-state index in [0.717, 1.165) is 24.3 Å². The Kier molecular flexibility index (Phi) is 5.98. The molecule has 2 aromatic rings. The summed E-state index contributed by atoms with van der Waals surface area (Å²) in [5.41, 5.74) is 2.71. The predicted octanol–water partition coefficient (Wildman–Crippen LogP) is 2.92. The van der Waals surface area contributed by atoms with Crippen molar-refractivity contribution in [3.63, 3.8) is 0 Å². The number of anilines is 2. The number of fused-ring (bicyclic) bond motifs is 1. The molecule has 0 spiro atoms. The van der Waals surface area contributed by atoms with Gasteiger partial charge in [-0.05, 0) is 81.2 Å². The normalized spacial score (nSPS) is 16.2. The van der Waals surface area contributed by atoms with Gasteiger partial charge in [0.05, 0.1) is 16.9 Å². The van der Waals surface area contributed by atoms with Crippen LogP contribution in [0.5, 0.6) is 0 Å². The van der Waals surface area contributed by atoms with Gasteiger partial charge in [0.15, 0.2) is 0 Å². The van der Waals surface area contributed by atoms with Crippen LogP contribution in [0.15, 0.2) is 36.4 Å². The Balaban J connectivity index is 1.42. The Morgan fingerprint density at radius 2 is 1.84 bits per heavy atom. The fraction of sp³-hybridized carbons (Fsp3) is 0.417. The van der Waals surface area contributed by atoms with Crippen molar-refractivity contribution in [2.45, 2.75) is 38.8 Å². The third-order valence-corrected chi connectivity index (χ3v) is 5.98. The lowest BCUT2D eigenvalue weighted by atomic mass is 9.90. The molecule has 31 heavy (non-hydrogen) atoms. The maximum atomic E-state index is 12.8. The van der Waals surface area contributed by atoms with E-state index >= 15 is 0 Å². The summed E-state index contributed by atoms with van der Waals surface area (Å²) in [6.07, 6.45) is 2.57. The average molecular weight is 423 g/mol. The first-order valence-electron chi connectivity index (χ1n) is 10.9. The van der Waals surface area contributed by atoms with Gasteiger partial charge in [0.25, 0.3) is 11.8 Å². The smallest absolute Gasteiger partial charge is 0.255 e. The van der Waals surface area contributed by atoms with E-state index < -0.39 is 5.60 Å². The molecule has 1 saturated heterocycles. The Bertz CT molecular complexity index is 974. The molecular weight excluding hydrogens is 392 g/mol. The third-order valence-electron chi connectivity index (χ3n) is 5.98. The van der Waals surface area contributed by atoms with Gasteiger partial charge in [-0.25, -0.2) is 0 Å². The molecule has 0 aromatic heterocycles. The second kappa shape index (κ2) is 8.69. The number of benzene rings is 2. The molecule has 2 aliphatic rings. The fourth-order valence-electron chi connectivity index (χ4n) is 4.32. The molecule has 2 amide bonds. The zero-order chi connectivity index (χ0) is 22.0. The number of nitrogens with one attached hydrogen (secondary N) is 3. The highest BCUT2D eigenvalue weighted by atomic mass is 16.3. The van der Waals surface area contributed by atoms with Crippen LogP contribution >= 0.6 is 0 Å². The lowest BCUT2D eigenvalue weighted by Gasteiger charge is -2.22. The summed E-state index contributed by atoms with van der Waals surface area (Å²) in [7, 11) is 0. The largest absolute Gasteiger partial charge is 0.386 e. The highest BCUT2D eigenvalue weighted by Crippen LogP contribution is 2.33. The molecule has 4 N–H and O–H groups in total. The topological polar surface area (TPSA) is 93.7 Å². The minimum Gasteiger partial charge on any atom is -0.386 e. The monoisotopic (exact) mass is 422 g/mol. The van der Waals surface area contributed by atoms with Crippen LogP contribution in [0.3, 0.4) is 0 Å². The van der Waals surface area contributed by atoms with E-state index in [-0.39, 0.29) is 11.8 Å². The van der Waals surface area contributed by atoms with Crippen LogP contribution in [-0.4, -0.2) is 48.0 Å². The average Bonchev–Trinajstić information content (AvgIpc) is 3.38. The molecule has 164 valence electrons. The van der Waals surface area contributed by atoms with Crippen molar-refractivity contribution in [2.75, 3.05) is 36.8 Å². The van der Waals surface area contributed by atoms with E-state index in [1.54, 1.807) is 38.1 Å². The number of carbonyl (C=O) groups is 2. The Morgan fingerprint density at radius 3 is 2.52 bits per heavy atom. The van der Waals surface area contributed by atoms with E-state index in [1.165, 1.54) is 25.9 Å². The van der Waals surface area contributed by atoms with Gasteiger partial charge in [-0.2, -0.15) is 0 Å². The first-order chi connectivity index (χ1) is 14.8. The van der Waals surface area contributed by atoms with Crippen LogP contribution in [0, 0.1) is 0 Å². The molecule has 2 aromatic carbocycles. The zero-order valence-corrected chi connectivity index (χ0v) is 18.1. The van der Waals surface area contributed by atoms with E-state index in [2.05, 4.69) is 20.9 Å². The van der Waals surface area contributed by atoms with Gasteiger partial charge in [0.2, 0.25) is 0 Å². The molecule has 4 rings (SSSR count). The molecule has 0 unspecified atom stereocenters. The zero-order valence-electron chi connectivity index (χ0n) is 18.1. The van der Waals surface area contributed by atoms with Crippen LogP contribution < -0.4 is 16.0 Å². The first-order valence-corrected chi connectivity index (χ1v) is 10.9. The summed E-state index contributed by atoms with van der Waals surface area (Å²) in [6, 6.07) is 10.8. The van der Waals surface area contributed by atoms with Crippen molar-refractivity contribution in [3.8, 4) is 0 Å². The van der Waals surface area contributed by atoms with Crippen LogP contribution in [0.2, 0.25) is 0 Å². The second-order valence-electron chi connectivity index (χ2n) is 8.76. The number of hydrogen-bond donors (Lipinski definition) is 4. The van der Waals surface area contributed by atoms with Gasteiger partial charge in [0.1, 0.15) is 0 Å². The van der Waals surface area contributed by atoms with Gasteiger partial charge in [0, 0.05) is 30.9 Å². The van der Waals surface area contributed by atoms with Gasteiger partial charge >= 0.3 is 0 Å². The molecule has 2 heterocycles. The molecular formula is C24H30N4O3. The predicted molar refractivity (Wildman–Crippen MR) is 121 cm³/mol. The molecule has 0 aliphatic carbocycles. The van der Waals surface area contributed by atoms with Crippen molar-refractivity contribution in [3.05, 3.63) is 58.7 Å². The second-order valence-corrected chi connectivity index (χ2v) is 8.76. The number of rotatable bonds is 7. The maximum absolute atomic E-state index is 12.8. The number of aliphatic hydroxyl groups is 1. The summed E-state index contributed by atoms with van der Waals surface area (Å²) in [4.78, 5) is 27.6. The summed E-state index contributed by atoms with van der Waals surface area (Å²) in [6.45, 7) is 7.97. The van der Waals surface area contributed by atoms with E-state index in [4.69, 9.17) is 0 Å². The number of carbonyl (C=O) groups excluding carboxylic acids is 2. The quantitative estimate of drug-likeness (QED) is 0.551. The molecule has 7 nitrogen and oxygen atoms in total. The number of nitrogens with zero attached hydrogens (tertiary/aromatic N) is 1. The van der Waals surface area contributed by atoms with Crippen molar-refractivity contribution < 1.29 is 14.7 Å². The maximum Gasteiger partial charge on any atom is 0.255 e. The Labute approximate surface area is 182 Å². The highest BCUT2D eigenvalue weighted by Gasteiger charge is 2.31. The summed E-state index contributed by atoms with van der Waals surface area (Å²) in [5, 5.41) is 19.4. The van der Waals surface area contributed by atoms with E-state index in [0.29, 0.717) is 28.9 Å². The van der Waals surface area contributed by atoms with Crippen molar-refractivity contribution in [1.29, 1.82) is 0 Å². The molecule has 0 saturated carbocycles. The van der Waals surface area contributed by atoms with Crippen molar-refractivity contribution in [2.24, 2.45) is 0 Å². The van der Waals surface area contributed by atoms with Crippen molar-refractivity contribution >= 4 is 23.2 Å². The summed E-state index contributed by atoms with van der Waals surface area (Å²) >= 11 is 0. The number of amides is 2. The molecule has 2 aliphatic heterocycles. The lowest BCUT2D eigenvalue weighted by Crippen LogP contribution is -2.25. The SMILES string of the molecule is CC(C)(O)c1ccc(NC(=O)c2ccc(NCCN3CCCC3)cc2)c2c1CNC2=O. The Morgan fingerprint density at radius 1 is 1.13 bits per heavy atom. The van der Waals surface area contributed by atoms with E-state index in [1.807, 2.05) is 12.1 Å². The minimum atomic E-state index is -1.07. The van der Waals surface area contributed by atoms with Gasteiger partial charge in [-0.3, -0.25) is 9.59 Å². The van der Waals surface area contributed by atoms with Crippen LogP contribution in [0.25, 0.3) is 0 Å². The lowest BCUT2D eigenvalue weighted by molar-refractivity contribution is 0.0776. The van der Waals surface area contributed by atoms with Crippen LogP contribution in [0.4, 0.5) is 11.4 Å². The molecule has 1 fully saturated rings. The van der Waals surface area contributed by atoms with Crippen LogP contribution in [-0.2, 0) is 12.1 Å². The third kappa shape index (κ3) is 4.73. The highest BCUT2D eigenvalue weighted by molar-refractivity contribution is 6.11. The first kappa shape index (κ1) is 21.3. The van der Waals surface area contributed by atoms with Gasteiger partial charge in [-0.1, -0.05) is 6.07 Å². The van der Waals surface area contributed by atoms with Gasteiger partial charge < -0.3 is 26.0 Å². The summed E-state index contributed by atoms with van der Waals surface area (Å²) in [5.74, 6) is -0.518. The van der Waals surface area contributed by atoms with Gasteiger partial charge in [-0.15, -0.1) is 0 Å². The molecule has 0 atom stereocenters. The standard InChI is InChI=1S/C24H30N4O3/c1-24(2,31)19-9-10-20(21-18(19)15-26-23(21)30)27-22(29)16-5-7-17(8-6-16)25-11-14-28-12-3-4-13-28/h5-10,25,31H,3-4,11-15H2,1-2H3,(H,26,30)(H,27,29).